The first kappa shape index (κ1) is 18.7. The van der Waals surface area contributed by atoms with E-state index in [4.69, 9.17) is 0 Å². The van der Waals surface area contributed by atoms with Gasteiger partial charge in [0, 0.05) is 24.9 Å². The second-order valence-electron chi connectivity index (χ2n) is 4.86. The third-order valence-corrected chi connectivity index (χ3v) is 5.37. The normalized spacial score (nSPS) is 20.7. The summed E-state index contributed by atoms with van der Waals surface area (Å²) in [4.78, 5) is 14.0. The minimum absolute atomic E-state index is 0. The van der Waals surface area contributed by atoms with Crippen LogP contribution < -0.4 is 5.32 Å². The lowest BCUT2D eigenvalue weighted by atomic mass is 10.1. The maximum absolute atomic E-state index is 12.3. The van der Waals surface area contributed by atoms with Gasteiger partial charge in [0.25, 0.3) is 0 Å². The molecule has 0 aromatic carbocycles. The third-order valence-electron chi connectivity index (χ3n) is 3.50. The van der Waals surface area contributed by atoms with Crippen LogP contribution in [0.1, 0.15) is 27.2 Å². The Hall–Kier alpha value is -0.330. The van der Waals surface area contributed by atoms with E-state index in [1.165, 1.54) is 0 Å². The molecule has 1 aliphatic rings. The number of rotatable bonds is 6. The maximum Gasteiger partial charge on any atom is 0.227 e. The lowest BCUT2D eigenvalue weighted by Gasteiger charge is -2.30. The van der Waals surface area contributed by atoms with Crippen molar-refractivity contribution in [3.8, 4) is 0 Å². The van der Waals surface area contributed by atoms with Crippen LogP contribution in [0.4, 0.5) is 0 Å². The van der Waals surface area contributed by atoms with Crippen LogP contribution in [-0.4, -0.2) is 56.4 Å². The van der Waals surface area contributed by atoms with E-state index in [0.717, 1.165) is 13.0 Å². The van der Waals surface area contributed by atoms with Crippen LogP contribution in [0, 0.1) is 5.92 Å². The van der Waals surface area contributed by atoms with E-state index in [1.54, 1.807) is 11.8 Å². The van der Waals surface area contributed by atoms with Gasteiger partial charge < -0.3 is 10.2 Å². The standard InChI is InChI=1S/C12H24N2O3S.ClH/c1-4-14(10(3)9-18(16,17)5-2)12(15)11-6-7-13-8-11;/h10-11,13H,4-9H2,1-3H3;1H. The van der Waals surface area contributed by atoms with Gasteiger partial charge in [-0.1, -0.05) is 6.92 Å². The van der Waals surface area contributed by atoms with Crippen LogP contribution >= 0.6 is 12.4 Å². The molecular weight excluding hydrogens is 288 g/mol. The lowest BCUT2D eigenvalue weighted by molar-refractivity contribution is -0.136. The molecule has 0 aromatic rings. The molecule has 0 bridgehead atoms. The summed E-state index contributed by atoms with van der Waals surface area (Å²) in [6, 6.07) is -0.243. The molecule has 7 heteroatoms. The molecule has 1 aliphatic heterocycles. The lowest BCUT2D eigenvalue weighted by Crippen LogP contribution is -2.45. The summed E-state index contributed by atoms with van der Waals surface area (Å²) in [6.45, 7) is 7.50. The number of nitrogens with zero attached hydrogens (tertiary/aromatic N) is 1. The Morgan fingerprint density at radius 3 is 2.47 bits per heavy atom. The summed E-state index contributed by atoms with van der Waals surface area (Å²) < 4.78 is 23.2. The van der Waals surface area contributed by atoms with Crippen molar-refractivity contribution in [1.29, 1.82) is 0 Å². The highest BCUT2D eigenvalue weighted by molar-refractivity contribution is 7.91. The topological polar surface area (TPSA) is 66.5 Å². The number of hydrogen-bond acceptors (Lipinski definition) is 4. The molecule has 1 saturated heterocycles. The summed E-state index contributed by atoms with van der Waals surface area (Å²) in [6.07, 6.45) is 0.850. The molecule has 2 unspecified atom stereocenters. The van der Waals surface area contributed by atoms with Gasteiger partial charge >= 0.3 is 0 Å². The number of hydrogen-bond donors (Lipinski definition) is 1. The molecular formula is C12H25ClN2O3S. The van der Waals surface area contributed by atoms with Gasteiger partial charge in [-0.25, -0.2) is 8.42 Å². The molecule has 19 heavy (non-hydrogen) atoms. The molecule has 114 valence electrons. The number of carbonyl (C=O) groups is 1. The van der Waals surface area contributed by atoms with Crippen molar-refractivity contribution < 1.29 is 13.2 Å². The highest BCUT2D eigenvalue weighted by Gasteiger charge is 2.30. The van der Waals surface area contributed by atoms with Gasteiger partial charge in [0.05, 0.1) is 11.7 Å². The van der Waals surface area contributed by atoms with E-state index in [9.17, 15) is 13.2 Å². The predicted molar refractivity (Wildman–Crippen MR) is 79.4 cm³/mol. The van der Waals surface area contributed by atoms with Gasteiger partial charge in [0.1, 0.15) is 0 Å². The average Bonchev–Trinajstić information content (AvgIpc) is 2.82. The first-order chi connectivity index (χ1) is 8.41. The SMILES string of the molecule is CCN(C(=O)C1CCNC1)C(C)CS(=O)(=O)CC.Cl. The summed E-state index contributed by atoms with van der Waals surface area (Å²) in [5.41, 5.74) is 0. The molecule has 2 atom stereocenters. The molecule has 1 N–H and O–H groups in total. The van der Waals surface area contributed by atoms with Gasteiger partial charge in [-0.15, -0.1) is 12.4 Å². The molecule has 1 heterocycles. The third kappa shape index (κ3) is 5.28. The molecule has 1 fully saturated rings. The molecule has 0 spiro atoms. The van der Waals surface area contributed by atoms with E-state index < -0.39 is 9.84 Å². The van der Waals surface area contributed by atoms with Crippen molar-refractivity contribution in [2.75, 3.05) is 31.1 Å². The fourth-order valence-electron chi connectivity index (χ4n) is 2.36. The zero-order valence-electron chi connectivity index (χ0n) is 11.9. The Bertz CT molecular complexity index is 380. The van der Waals surface area contributed by atoms with E-state index in [0.29, 0.717) is 13.1 Å². The first-order valence-electron chi connectivity index (χ1n) is 6.62. The highest BCUT2D eigenvalue weighted by Crippen LogP contribution is 2.14. The summed E-state index contributed by atoms with van der Waals surface area (Å²) in [5.74, 6) is 0.287. The maximum atomic E-state index is 12.3. The summed E-state index contributed by atoms with van der Waals surface area (Å²) in [5, 5.41) is 3.16. The van der Waals surface area contributed by atoms with Crippen LogP contribution in [0.15, 0.2) is 0 Å². The number of amides is 1. The highest BCUT2D eigenvalue weighted by atomic mass is 35.5. The van der Waals surface area contributed by atoms with Gasteiger partial charge in [-0.05, 0) is 26.8 Å². The van der Waals surface area contributed by atoms with Crippen LogP contribution in [0.2, 0.25) is 0 Å². The summed E-state index contributed by atoms with van der Waals surface area (Å²) >= 11 is 0. The number of sulfone groups is 1. The largest absolute Gasteiger partial charge is 0.339 e. The minimum Gasteiger partial charge on any atom is -0.339 e. The van der Waals surface area contributed by atoms with Crippen molar-refractivity contribution in [3.05, 3.63) is 0 Å². The van der Waals surface area contributed by atoms with Gasteiger partial charge in [0.2, 0.25) is 5.91 Å². The molecule has 0 aromatic heterocycles. The van der Waals surface area contributed by atoms with Crippen molar-refractivity contribution in [3.63, 3.8) is 0 Å². The molecule has 0 radical (unpaired) electrons. The molecule has 1 amide bonds. The van der Waals surface area contributed by atoms with Crippen molar-refractivity contribution in [1.82, 2.24) is 10.2 Å². The second kappa shape index (κ2) is 8.07. The van der Waals surface area contributed by atoms with Crippen LogP contribution in [0.3, 0.4) is 0 Å². The van der Waals surface area contributed by atoms with Gasteiger partial charge in [-0.3, -0.25) is 4.79 Å². The Kier molecular flexibility index (Phi) is 7.93. The molecule has 0 aliphatic carbocycles. The number of nitrogens with one attached hydrogen (secondary N) is 1. The van der Waals surface area contributed by atoms with Crippen LogP contribution in [0.25, 0.3) is 0 Å². The van der Waals surface area contributed by atoms with Crippen LogP contribution in [0.5, 0.6) is 0 Å². The second-order valence-corrected chi connectivity index (χ2v) is 7.26. The Morgan fingerprint density at radius 2 is 2.05 bits per heavy atom. The Morgan fingerprint density at radius 1 is 1.42 bits per heavy atom. The summed E-state index contributed by atoms with van der Waals surface area (Å²) in [7, 11) is -3.04. The molecule has 1 rings (SSSR count). The predicted octanol–water partition coefficient (Wildman–Crippen LogP) is 0.689. The first-order valence-corrected chi connectivity index (χ1v) is 8.45. The van der Waals surface area contributed by atoms with Crippen LogP contribution in [-0.2, 0) is 14.6 Å². The molecule has 5 nitrogen and oxygen atoms in total. The van der Waals surface area contributed by atoms with Gasteiger partial charge in [-0.2, -0.15) is 0 Å². The fourth-order valence-corrected chi connectivity index (χ4v) is 3.51. The van der Waals surface area contributed by atoms with Crippen molar-refractivity contribution in [2.45, 2.75) is 33.2 Å². The molecule has 0 saturated carbocycles. The average molecular weight is 313 g/mol. The van der Waals surface area contributed by atoms with Crippen molar-refractivity contribution in [2.24, 2.45) is 5.92 Å². The smallest absolute Gasteiger partial charge is 0.227 e. The van der Waals surface area contributed by atoms with E-state index in [-0.39, 0.29) is 41.8 Å². The zero-order chi connectivity index (χ0) is 13.8. The Balaban J connectivity index is 0.00000324. The van der Waals surface area contributed by atoms with E-state index >= 15 is 0 Å². The minimum atomic E-state index is -3.04. The Labute approximate surface area is 122 Å². The van der Waals surface area contributed by atoms with E-state index in [1.807, 2.05) is 13.8 Å². The number of carbonyl (C=O) groups excluding carboxylic acids is 1. The van der Waals surface area contributed by atoms with E-state index in [2.05, 4.69) is 5.32 Å². The quantitative estimate of drug-likeness (QED) is 0.783. The number of halogens is 1. The monoisotopic (exact) mass is 312 g/mol. The zero-order valence-corrected chi connectivity index (χ0v) is 13.5. The van der Waals surface area contributed by atoms with Crippen molar-refractivity contribution >= 4 is 28.2 Å². The fraction of sp³-hybridized carbons (Fsp3) is 0.917. The van der Waals surface area contributed by atoms with Gasteiger partial charge in [0.15, 0.2) is 9.84 Å².